The lowest BCUT2D eigenvalue weighted by molar-refractivity contribution is -0.143. The molecule has 1 aliphatic rings. The summed E-state index contributed by atoms with van der Waals surface area (Å²) in [6.45, 7) is 2.34. The topological polar surface area (TPSA) is 57.6 Å². The average molecular weight is 328 g/mol. The van der Waals surface area contributed by atoms with E-state index in [-0.39, 0.29) is 17.9 Å². The summed E-state index contributed by atoms with van der Waals surface area (Å²) in [5, 5.41) is 9.52. The number of carbonyl (C=O) groups excluding carboxylic acids is 1. The summed E-state index contributed by atoms with van der Waals surface area (Å²) in [7, 11) is 0. The third-order valence-corrected chi connectivity index (χ3v) is 4.95. The molecule has 1 aliphatic heterocycles. The molecule has 2 rings (SSSR count). The molecule has 114 valence electrons. The smallest absolute Gasteiger partial charge is 0.306 e. The van der Waals surface area contributed by atoms with Crippen LogP contribution >= 0.6 is 23.4 Å². The highest BCUT2D eigenvalue weighted by Crippen LogP contribution is 2.28. The lowest BCUT2D eigenvalue weighted by atomic mass is 9.91. The van der Waals surface area contributed by atoms with Crippen LogP contribution in [0.25, 0.3) is 0 Å². The first kappa shape index (κ1) is 16.2. The van der Waals surface area contributed by atoms with E-state index in [1.54, 1.807) is 28.8 Å². The number of carboxylic acids is 1. The van der Waals surface area contributed by atoms with Gasteiger partial charge in [-0.05, 0) is 44.2 Å². The Labute approximate surface area is 133 Å². The molecule has 1 saturated heterocycles. The predicted octanol–water partition coefficient (Wildman–Crippen LogP) is 3.39. The van der Waals surface area contributed by atoms with Crippen molar-refractivity contribution in [3.8, 4) is 0 Å². The molecule has 0 bridgehead atoms. The summed E-state index contributed by atoms with van der Waals surface area (Å²) in [6.07, 6.45) is 2.92. The van der Waals surface area contributed by atoms with Crippen molar-refractivity contribution in [3.63, 3.8) is 0 Å². The van der Waals surface area contributed by atoms with E-state index in [0.717, 1.165) is 4.90 Å². The van der Waals surface area contributed by atoms with Crippen molar-refractivity contribution in [3.05, 3.63) is 28.8 Å². The lowest BCUT2D eigenvalue weighted by Crippen LogP contribution is -2.46. The van der Waals surface area contributed by atoms with Gasteiger partial charge < -0.3 is 10.0 Å². The maximum absolute atomic E-state index is 12.7. The number of carbonyl (C=O) groups is 2. The standard InChI is InChI=1S/C15H18ClNO3S/c1-9-7-10(15(19)20)5-6-17(9)14(18)12-8-11(21-2)3-4-13(12)16/h3-4,8-10H,5-7H2,1-2H3,(H,19,20). The van der Waals surface area contributed by atoms with Gasteiger partial charge in [-0.2, -0.15) is 0 Å². The number of hydrogen-bond acceptors (Lipinski definition) is 3. The monoisotopic (exact) mass is 327 g/mol. The Morgan fingerprint density at radius 3 is 2.71 bits per heavy atom. The first-order valence-electron chi connectivity index (χ1n) is 6.81. The van der Waals surface area contributed by atoms with Gasteiger partial charge in [0.25, 0.3) is 5.91 Å². The fourth-order valence-electron chi connectivity index (χ4n) is 2.65. The van der Waals surface area contributed by atoms with Gasteiger partial charge in [0.05, 0.1) is 16.5 Å². The van der Waals surface area contributed by atoms with Gasteiger partial charge in [-0.25, -0.2) is 0 Å². The molecule has 4 nitrogen and oxygen atoms in total. The van der Waals surface area contributed by atoms with Crippen LogP contribution in [0.2, 0.25) is 5.02 Å². The van der Waals surface area contributed by atoms with E-state index < -0.39 is 5.97 Å². The Balaban J connectivity index is 2.19. The molecule has 0 aromatic heterocycles. The molecule has 1 amide bonds. The Morgan fingerprint density at radius 2 is 2.14 bits per heavy atom. The molecule has 0 saturated carbocycles. The van der Waals surface area contributed by atoms with Gasteiger partial charge in [0.1, 0.15) is 0 Å². The molecule has 1 fully saturated rings. The molecule has 1 N–H and O–H groups in total. The fraction of sp³-hybridized carbons (Fsp3) is 0.467. The van der Waals surface area contributed by atoms with Crippen molar-refractivity contribution in [1.82, 2.24) is 4.90 Å². The van der Waals surface area contributed by atoms with E-state index >= 15 is 0 Å². The molecular formula is C15H18ClNO3S. The van der Waals surface area contributed by atoms with Crippen LogP contribution < -0.4 is 0 Å². The number of rotatable bonds is 3. The van der Waals surface area contributed by atoms with Crippen LogP contribution in [0.1, 0.15) is 30.1 Å². The van der Waals surface area contributed by atoms with E-state index in [2.05, 4.69) is 0 Å². The number of piperidine rings is 1. The van der Waals surface area contributed by atoms with Crippen molar-refractivity contribution < 1.29 is 14.7 Å². The Kier molecular flexibility index (Phi) is 5.17. The lowest BCUT2D eigenvalue weighted by Gasteiger charge is -2.36. The second-order valence-corrected chi connectivity index (χ2v) is 6.54. The van der Waals surface area contributed by atoms with Gasteiger partial charge in [-0.3, -0.25) is 9.59 Å². The van der Waals surface area contributed by atoms with Gasteiger partial charge in [0, 0.05) is 17.5 Å². The first-order valence-corrected chi connectivity index (χ1v) is 8.41. The Morgan fingerprint density at radius 1 is 1.43 bits per heavy atom. The summed E-state index contributed by atoms with van der Waals surface area (Å²) in [6, 6.07) is 5.31. The number of likely N-dealkylation sites (tertiary alicyclic amines) is 1. The van der Waals surface area contributed by atoms with Crippen molar-refractivity contribution in [1.29, 1.82) is 0 Å². The van der Waals surface area contributed by atoms with Crippen molar-refractivity contribution in [2.45, 2.75) is 30.7 Å². The number of thioether (sulfide) groups is 1. The quantitative estimate of drug-likeness (QED) is 0.865. The van der Waals surface area contributed by atoms with E-state index in [1.807, 2.05) is 19.2 Å². The van der Waals surface area contributed by atoms with Crippen molar-refractivity contribution >= 4 is 35.2 Å². The zero-order valence-corrected chi connectivity index (χ0v) is 13.6. The SMILES string of the molecule is CSc1ccc(Cl)c(C(=O)N2CCC(C(=O)O)CC2C)c1. The van der Waals surface area contributed by atoms with Crippen LogP contribution in [0.5, 0.6) is 0 Å². The van der Waals surface area contributed by atoms with Crippen LogP contribution in [-0.4, -0.2) is 40.7 Å². The molecule has 0 spiro atoms. The van der Waals surface area contributed by atoms with E-state index in [9.17, 15) is 9.59 Å². The summed E-state index contributed by atoms with van der Waals surface area (Å²) < 4.78 is 0. The predicted molar refractivity (Wildman–Crippen MR) is 84.1 cm³/mol. The maximum Gasteiger partial charge on any atom is 0.306 e. The van der Waals surface area contributed by atoms with Crippen LogP contribution in [-0.2, 0) is 4.79 Å². The van der Waals surface area contributed by atoms with Gasteiger partial charge >= 0.3 is 5.97 Å². The fourth-order valence-corrected chi connectivity index (χ4v) is 3.29. The van der Waals surface area contributed by atoms with E-state index in [0.29, 0.717) is 30.0 Å². The zero-order valence-electron chi connectivity index (χ0n) is 12.0. The van der Waals surface area contributed by atoms with Gasteiger partial charge in [0.15, 0.2) is 0 Å². The number of amides is 1. The molecule has 0 aliphatic carbocycles. The molecule has 6 heteroatoms. The molecule has 2 unspecified atom stereocenters. The number of benzene rings is 1. The number of nitrogens with zero attached hydrogens (tertiary/aromatic N) is 1. The molecule has 1 aromatic rings. The molecule has 2 atom stereocenters. The minimum absolute atomic E-state index is 0.0960. The first-order chi connectivity index (χ1) is 9.93. The van der Waals surface area contributed by atoms with Crippen LogP contribution in [0.3, 0.4) is 0 Å². The second kappa shape index (κ2) is 6.71. The summed E-state index contributed by atoms with van der Waals surface area (Å²) in [5.74, 6) is -1.26. The Hall–Kier alpha value is -1.20. The van der Waals surface area contributed by atoms with Crippen molar-refractivity contribution in [2.75, 3.05) is 12.8 Å². The number of aliphatic carboxylic acids is 1. The summed E-state index contributed by atoms with van der Waals surface area (Å²) in [4.78, 5) is 26.4. The van der Waals surface area contributed by atoms with Gasteiger partial charge in [-0.15, -0.1) is 11.8 Å². The molecule has 1 aromatic carbocycles. The van der Waals surface area contributed by atoms with Crippen molar-refractivity contribution in [2.24, 2.45) is 5.92 Å². The third kappa shape index (κ3) is 3.52. The van der Waals surface area contributed by atoms with Crippen LogP contribution in [0, 0.1) is 5.92 Å². The van der Waals surface area contributed by atoms with Crippen LogP contribution in [0.4, 0.5) is 0 Å². The minimum atomic E-state index is -0.781. The molecule has 0 radical (unpaired) electrons. The van der Waals surface area contributed by atoms with Gasteiger partial charge in [-0.1, -0.05) is 11.6 Å². The summed E-state index contributed by atoms with van der Waals surface area (Å²) >= 11 is 7.70. The molecular weight excluding hydrogens is 310 g/mol. The Bertz CT molecular complexity index is 564. The second-order valence-electron chi connectivity index (χ2n) is 5.25. The maximum atomic E-state index is 12.7. The molecule has 1 heterocycles. The molecule has 21 heavy (non-hydrogen) atoms. The van der Waals surface area contributed by atoms with E-state index in [4.69, 9.17) is 16.7 Å². The third-order valence-electron chi connectivity index (χ3n) is 3.89. The average Bonchev–Trinajstić information content (AvgIpc) is 2.47. The van der Waals surface area contributed by atoms with Gasteiger partial charge in [0.2, 0.25) is 0 Å². The highest BCUT2D eigenvalue weighted by atomic mass is 35.5. The minimum Gasteiger partial charge on any atom is -0.481 e. The van der Waals surface area contributed by atoms with Crippen LogP contribution in [0.15, 0.2) is 23.1 Å². The summed E-state index contributed by atoms with van der Waals surface area (Å²) in [5.41, 5.74) is 0.490. The van der Waals surface area contributed by atoms with E-state index in [1.165, 1.54) is 0 Å². The number of hydrogen-bond donors (Lipinski definition) is 1. The highest BCUT2D eigenvalue weighted by Gasteiger charge is 2.33. The highest BCUT2D eigenvalue weighted by molar-refractivity contribution is 7.98. The number of carboxylic acid groups (broad SMARTS) is 1. The zero-order chi connectivity index (χ0) is 15.6. The largest absolute Gasteiger partial charge is 0.481 e. The number of halogens is 1. The normalized spacial score (nSPS) is 22.1.